The van der Waals surface area contributed by atoms with E-state index in [-0.39, 0.29) is 0 Å². The highest BCUT2D eigenvalue weighted by Crippen LogP contribution is 2.51. The number of halogens is 1. The first-order valence-corrected chi connectivity index (χ1v) is 6.61. The Labute approximate surface area is 114 Å². The average Bonchev–Trinajstić information content (AvgIpc) is 2.32. The summed E-state index contributed by atoms with van der Waals surface area (Å²) in [5, 5.41) is 10.3. The molecule has 3 heteroatoms. The molecule has 0 spiro atoms. The predicted molar refractivity (Wildman–Crippen MR) is 73.4 cm³/mol. The molecular weight excluding hydrogens is 246 g/mol. The van der Waals surface area contributed by atoms with Crippen molar-refractivity contribution in [2.24, 2.45) is 0 Å². The number of benzene rings is 1. The van der Waals surface area contributed by atoms with Gasteiger partial charge in [-0.1, -0.05) is 11.6 Å². The molecule has 1 aromatic carbocycles. The van der Waals surface area contributed by atoms with Gasteiger partial charge in [0.2, 0.25) is 0 Å². The minimum Gasteiger partial charge on any atom is -0.496 e. The van der Waals surface area contributed by atoms with Gasteiger partial charge in [0.1, 0.15) is 5.75 Å². The van der Waals surface area contributed by atoms with E-state index in [9.17, 15) is 5.26 Å². The minimum atomic E-state index is -0.391. The van der Waals surface area contributed by atoms with Gasteiger partial charge in [0.05, 0.1) is 18.6 Å². The third-order valence-electron chi connectivity index (χ3n) is 4.27. The van der Waals surface area contributed by atoms with Gasteiger partial charge >= 0.3 is 0 Å². The van der Waals surface area contributed by atoms with Gasteiger partial charge in [-0.2, -0.15) is 5.26 Å². The van der Waals surface area contributed by atoms with Crippen LogP contribution in [0.25, 0.3) is 0 Å². The van der Waals surface area contributed by atoms with Gasteiger partial charge in [-0.15, -0.1) is 0 Å². The second-order valence-corrected chi connectivity index (χ2v) is 5.52. The highest BCUT2D eigenvalue weighted by atomic mass is 35.5. The van der Waals surface area contributed by atoms with Crippen LogP contribution in [0.2, 0.25) is 5.02 Å². The Bertz CT molecular complexity index is 539. The van der Waals surface area contributed by atoms with Crippen molar-refractivity contribution in [3.63, 3.8) is 0 Å². The van der Waals surface area contributed by atoms with Crippen LogP contribution >= 0.6 is 11.6 Å². The number of hydrogen-bond donors (Lipinski definition) is 0. The summed E-state index contributed by atoms with van der Waals surface area (Å²) in [6.07, 6.45) is 2.90. The molecule has 18 heavy (non-hydrogen) atoms. The van der Waals surface area contributed by atoms with Gasteiger partial charge in [-0.05, 0) is 56.7 Å². The Kier molecular flexibility index (Phi) is 3.29. The van der Waals surface area contributed by atoms with E-state index in [1.54, 1.807) is 7.11 Å². The van der Waals surface area contributed by atoms with Crippen molar-refractivity contribution < 1.29 is 4.74 Å². The molecule has 1 aliphatic carbocycles. The van der Waals surface area contributed by atoms with Crippen LogP contribution in [0.1, 0.15) is 41.5 Å². The van der Waals surface area contributed by atoms with E-state index in [1.165, 1.54) is 0 Å². The number of methoxy groups -OCH3 is 1. The quantitative estimate of drug-likeness (QED) is 0.800. The third-order valence-corrected chi connectivity index (χ3v) is 4.83. The first kappa shape index (κ1) is 13.2. The highest BCUT2D eigenvalue weighted by Gasteiger charge is 2.43. The van der Waals surface area contributed by atoms with Crippen molar-refractivity contribution in [1.29, 1.82) is 5.26 Å². The van der Waals surface area contributed by atoms with Gasteiger partial charge in [-0.25, -0.2) is 0 Å². The van der Waals surface area contributed by atoms with Crippen LogP contribution in [0.4, 0.5) is 0 Å². The van der Waals surface area contributed by atoms with Crippen LogP contribution in [0, 0.1) is 32.1 Å². The second-order valence-electron chi connectivity index (χ2n) is 5.14. The second kappa shape index (κ2) is 4.48. The molecule has 1 aliphatic rings. The third kappa shape index (κ3) is 1.61. The summed E-state index contributed by atoms with van der Waals surface area (Å²) in [6, 6.07) is 2.48. The summed E-state index contributed by atoms with van der Waals surface area (Å²) >= 11 is 6.40. The van der Waals surface area contributed by atoms with Crippen molar-refractivity contribution in [1.82, 2.24) is 0 Å². The summed E-state index contributed by atoms with van der Waals surface area (Å²) in [5.41, 5.74) is 3.70. The largest absolute Gasteiger partial charge is 0.496 e. The maximum Gasteiger partial charge on any atom is 0.127 e. The molecule has 0 radical (unpaired) electrons. The Morgan fingerprint density at radius 2 is 1.78 bits per heavy atom. The van der Waals surface area contributed by atoms with Crippen molar-refractivity contribution in [3.05, 3.63) is 27.3 Å². The summed E-state index contributed by atoms with van der Waals surface area (Å²) in [7, 11) is 1.67. The van der Waals surface area contributed by atoms with E-state index in [0.29, 0.717) is 0 Å². The average molecular weight is 264 g/mol. The van der Waals surface area contributed by atoms with Crippen LogP contribution in [-0.2, 0) is 5.41 Å². The molecule has 1 aromatic rings. The Balaban J connectivity index is 2.78. The molecule has 0 N–H and O–H groups in total. The minimum absolute atomic E-state index is 0.391. The van der Waals surface area contributed by atoms with Crippen LogP contribution in [0.15, 0.2) is 0 Å². The maximum atomic E-state index is 9.54. The highest BCUT2D eigenvalue weighted by molar-refractivity contribution is 6.32. The number of ether oxygens (including phenoxy) is 1. The monoisotopic (exact) mass is 263 g/mol. The van der Waals surface area contributed by atoms with Crippen LogP contribution in [0.3, 0.4) is 0 Å². The SMILES string of the molecule is COc1c(C)c(C)c(Cl)c(C)c1C1(C#N)CCC1. The number of rotatable bonds is 2. The molecule has 0 amide bonds. The fourth-order valence-corrected chi connectivity index (χ4v) is 3.10. The zero-order valence-electron chi connectivity index (χ0n) is 11.4. The molecule has 0 atom stereocenters. The first-order valence-electron chi connectivity index (χ1n) is 6.23. The molecule has 0 bridgehead atoms. The van der Waals surface area contributed by atoms with Crippen molar-refractivity contribution >= 4 is 11.6 Å². The summed E-state index contributed by atoms with van der Waals surface area (Å²) < 4.78 is 5.57. The fourth-order valence-electron chi connectivity index (χ4n) is 2.86. The molecule has 0 aromatic heterocycles. The van der Waals surface area contributed by atoms with E-state index < -0.39 is 5.41 Å². The van der Waals surface area contributed by atoms with E-state index in [1.807, 2.05) is 20.8 Å². The standard InChI is InChI=1S/C15H18ClNO/c1-9-10(2)14(18-4)12(11(3)13(9)16)15(8-17)6-5-7-15/h5-7H2,1-4H3. The van der Waals surface area contributed by atoms with E-state index in [4.69, 9.17) is 16.3 Å². The lowest BCUT2D eigenvalue weighted by Crippen LogP contribution is -2.34. The van der Waals surface area contributed by atoms with E-state index in [0.717, 1.165) is 52.3 Å². The molecule has 0 saturated heterocycles. The van der Waals surface area contributed by atoms with Crippen LogP contribution in [0.5, 0.6) is 5.75 Å². The van der Waals surface area contributed by atoms with Gasteiger partial charge in [0, 0.05) is 10.6 Å². The zero-order chi connectivity index (χ0) is 13.5. The van der Waals surface area contributed by atoms with Gasteiger partial charge < -0.3 is 4.74 Å². The normalized spacial score (nSPS) is 16.9. The molecule has 96 valence electrons. The van der Waals surface area contributed by atoms with Crippen molar-refractivity contribution in [2.45, 2.75) is 45.4 Å². The Hall–Kier alpha value is -1.20. The summed E-state index contributed by atoms with van der Waals surface area (Å²) in [4.78, 5) is 0. The molecule has 0 heterocycles. The predicted octanol–water partition coefficient (Wildman–Crippen LogP) is 4.22. The van der Waals surface area contributed by atoms with Crippen LogP contribution in [-0.4, -0.2) is 7.11 Å². The lowest BCUT2D eigenvalue weighted by Gasteiger charge is -2.38. The van der Waals surface area contributed by atoms with Gasteiger partial charge in [-0.3, -0.25) is 0 Å². The topological polar surface area (TPSA) is 33.0 Å². The lowest BCUT2D eigenvalue weighted by atomic mass is 9.63. The van der Waals surface area contributed by atoms with Crippen molar-refractivity contribution in [2.75, 3.05) is 7.11 Å². The maximum absolute atomic E-state index is 9.54. The number of nitriles is 1. The first-order chi connectivity index (χ1) is 8.48. The van der Waals surface area contributed by atoms with Crippen LogP contribution < -0.4 is 4.74 Å². The molecule has 0 aliphatic heterocycles. The van der Waals surface area contributed by atoms with E-state index >= 15 is 0 Å². The number of nitrogens with zero attached hydrogens (tertiary/aromatic N) is 1. The molecule has 2 rings (SSSR count). The molecule has 0 unspecified atom stereocenters. The smallest absolute Gasteiger partial charge is 0.127 e. The summed E-state index contributed by atoms with van der Waals surface area (Å²) in [5.74, 6) is 0.843. The lowest BCUT2D eigenvalue weighted by molar-refractivity contribution is 0.304. The Morgan fingerprint density at radius 3 is 2.17 bits per heavy atom. The fraction of sp³-hybridized carbons (Fsp3) is 0.533. The van der Waals surface area contributed by atoms with E-state index in [2.05, 4.69) is 6.07 Å². The molecule has 2 nitrogen and oxygen atoms in total. The molecule has 1 saturated carbocycles. The van der Waals surface area contributed by atoms with Crippen molar-refractivity contribution in [3.8, 4) is 11.8 Å². The molecular formula is C15H18ClNO. The Morgan fingerprint density at radius 1 is 1.17 bits per heavy atom. The zero-order valence-corrected chi connectivity index (χ0v) is 12.1. The molecule has 1 fully saturated rings. The van der Waals surface area contributed by atoms with Gasteiger partial charge in [0.25, 0.3) is 0 Å². The number of hydrogen-bond acceptors (Lipinski definition) is 2. The summed E-state index contributed by atoms with van der Waals surface area (Å²) in [6.45, 7) is 5.99. The van der Waals surface area contributed by atoms with Gasteiger partial charge in [0.15, 0.2) is 0 Å².